The Balaban J connectivity index is 1.40. The standard InChI is InChI=1S/C36H25NO3S/c38-41(39,30-19-8-3-9-20-30)34-24-12-23-33-32-22-11-21-31(35(32)40-36(33)34)26-13-10-18-29(25-26)37(27-14-4-1-5-15-27)28-16-6-2-7-17-28/h1-25H. The summed E-state index contributed by atoms with van der Waals surface area (Å²) in [4.78, 5) is 2.62. The monoisotopic (exact) mass is 551 g/mol. The lowest BCUT2D eigenvalue weighted by atomic mass is 10.0. The van der Waals surface area contributed by atoms with Gasteiger partial charge in [-0.2, -0.15) is 0 Å². The fourth-order valence-electron chi connectivity index (χ4n) is 5.37. The van der Waals surface area contributed by atoms with E-state index in [1.54, 1.807) is 42.5 Å². The second-order valence-corrected chi connectivity index (χ2v) is 11.7. The fraction of sp³-hybridized carbons (Fsp3) is 0. The molecule has 0 aliphatic rings. The second kappa shape index (κ2) is 10.1. The van der Waals surface area contributed by atoms with Gasteiger partial charge in [-0.05, 0) is 60.2 Å². The normalized spacial score (nSPS) is 11.6. The molecule has 41 heavy (non-hydrogen) atoms. The molecule has 0 aliphatic heterocycles. The predicted octanol–water partition coefficient (Wildman–Crippen LogP) is 9.56. The molecule has 0 bridgehead atoms. The van der Waals surface area contributed by atoms with Crippen LogP contribution in [0.25, 0.3) is 33.1 Å². The van der Waals surface area contributed by atoms with Crippen LogP contribution in [0.5, 0.6) is 0 Å². The van der Waals surface area contributed by atoms with Crippen LogP contribution in [0.4, 0.5) is 17.1 Å². The summed E-state index contributed by atoms with van der Waals surface area (Å²) < 4.78 is 33.7. The van der Waals surface area contributed by atoms with Crippen molar-refractivity contribution in [1.29, 1.82) is 0 Å². The molecule has 0 unspecified atom stereocenters. The van der Waals surface area contributed by atoms with E-state index in [1.807, 2.05) is 66.7 Å². The Morgan fingerprint density at radius 3 is 1.68 bits per heavy atom. The molecule has 0 spiro atoms. The van der Waals surface area contributed by atoms with Gasteiger partial charge < -0.3 is 9.32 Å². The Morgan fingerprint density at radius 1 is 0.488 bits per heavy atom. The lowest BCUT2D eigenvalue weighted by Gasteiger charge is -2.25. The lowest BCUT2D eigenvalue weighted by Crippen LogP contribution is -2.09. The summed E-state index contributed by atoms with van der Waals surface area (Å²) in [5.41, 5.74) is 5.98. The van der Waals surface area contributed by atoms with Crippen molar-refractivity contribution in [3.63, 3.8) is 0 Å². The zero-order valence-corrected chi connectivity index (χ0v) is 22.8. The molecule has 1 heterocycles. The van der Waals surface area contributed by atoms with Crippen LogP contribution in [-0.4, -0.2) is 8.42 Å². The van der Waals surface area contributed by atoms with Crippen molar-refractivity contribution in [2.24, 2.45) is 0 Å². The zero-order chi connectivity index (χ0) is 27.8. The molecule has 4 nitrogen and oxygen atoms in total. The minimum Gasteiger partial charge on any atom is -0.454 e. The maximum atomic E-state index is 13.6. The van der Waals surface area contributed by atoms with Crippen molar-refractivity contribution in [2.45, 2.75) is 9.79 Å². The Labute approximate surface area is 238 Å². The average molecular weight is 552 g/mol. The lowest BCUT2D eigenvalue weighted by molar-refractivity contribution is 0.592. The summed E-state index contributed by atoms with van der Waals surface area (Å²) in [7, 11) is -3.77. The van der Waals surface area contributed by atoms with E-state index in [0.29, 0.717) is 11.2 Å². The van der Waals surface area contributed by atoms with Crippen molar-refractivity contribution >= 4 is 48.8 Å². The number of hydrogen-bond acceptors (Lipinski definition) is 4. The van der Waals surface area contributed by atoms with Crippen LogP contribution in [0.15, 0.2) is 166 Å². The Kier molecular flexibility index (Phi) is 6.14. The van der Waals surface area contributed by atoms with Gasteiger partial charge >= 0.3 is 0 Å². The SMILES string of the molecule is O=S(=O)(c1ccccc1)c1cccc2c1oc1c(-c3cccc(N(c4ccccc4)c4ccccc4)c3)cccc12. The number of rotatable bonds is 6. The molecule has 7 aromatic rings. The molecule has 198 valence electrons. The van der Waals surface area contributed by atoms with Gasteiger partial charge in [0.2, 0.25) is 9.84 Å². The van der Waals surface area contributed by atoms with Crippen LogP contribution in [0.3, 0.4) is 0 Å². The number of fused-ring (bicyclic) bond motifs is 3. The van der Waals surface area contributed by atoms with Gasteiger partial charge in [-0.15, -0.1) is 0 Å². The molecule has 0 radical (unpaired) electrons. The zero-order valence-electron chi connectivity index (χ0n) is 22.0. The van der Waals surface area contributed by atoms with E-state index in [4.69, 9.17) is 4.42 Å². The van der Waals surface area contributed by atoms with E-state index >= 15 is 0 Å². The number of anilines is 3. The molecule has 7 rings (SSSR count). The van der Waals surface area contributed by atoms with Gasteiger partial charge in [0.1, 0.15) is 10.5 Å². The smallest absolute Gasteiger partial charge is 0.210 e. The van der Waals surface area contributed by atoms with Crippen molar-refractivity contribution < 1.29 is 12.8 Å². The number of nitrogens with zero attached hydrogens (tertiary/aromatic N) is 1. The quantitative estimate of drug-likeness (QED) is 0.206. The summed E-state index contributed by atoms with van der Waals surface area (Å²) in [6.45, 7) is 0. The molecule has 0 aliphatic carbocycles. The topological polar surface area (TPSA) is 50.5 Å². The number of hydrogen-bond donors (Lipinski definition) is 0. The highest BCUT2D eigenvalue weighted by Crippen LogP contribution is 2.41. The minimum atomic E-state index is -3.77. The van der Waals surface area contributed by atoms with E-state index in [9.17, 15) is 8.42 Å². The van der Waals surface area contributed by atoms with Crippen LogP contribution < -0.4 is 4.90 Å². The van der Waals surface area contributed by atoms with Crippen molar-refractivity contribution in [1.82, 2.24) is 0 Å². The predicted molar refractivity (Wildman–Crippen MR) is 166 cm³/mol. The van der Waals surface area contributed by atoms with Crippen molar-refractivity contribution in [2.75, 3.05) is 4.90 Å². The van der Waals surface area contributed by atoms with Crippen LogP contribution in [-0.2, 0) is 9.84 Å². The molecule has 6 aromatic carbocycles. The van der Waals surface area contributed by atoms with Crippen molar-refractivity contribution in [3.8, 4) is 11.1 Å². The summed E-state index contributed by atoms with van der Waals surface area (Å²) in [5, 5.41) is 1.64. The molecular weight excluding hydrogens is 526 g/mol. The van der Waals surface area contributed by atoms with Crippen LogP contribution in [0.1, 0.15) is 0 Å². The summed E-state index contributed by atoms with van der Waals surface area (Å²) >= 11 is 0. The molecule has 0 N–H and O–H groups in total. The first-order valence-electron chi connectivity index (χ1n) is 13.4. The van der Waals surface area contributed by atoms with E-state index < -0.39 is 9.84 Å². The van der Waals surface area contributed by atoms with E-state index in [-0.39, 0.29) is 9.79 Å². The van der Waals surface area contributed by atoms with Gasteiger partial charge in [0.25, 0.3) is 0 Å². The highest BCUT2D eigenvalue weighted by molar-refractivity contribution is 7.91. The first-order valence-corrected chi connectivity index (χ1v) is 14.8. The average Bonchev–Trinajstić information content (AvgIpc) is 3.42. The third-order valence-electron chi connectivity index (χ3n) is 7.28. The Hall–Kier alpha value is -5.13. The molecule has 0 saturated carbocycles. The van der Waals surface area contributed by atoms with E-state index in [1.165, 1.54) is 0 Å². The third-order valence-corrected chi connectivity index (χ3v) is 9.07. The number of sulfone groups is 1. The first-order chi connectivity index (χ1) is 20.1. The maximum absolute atomic E-state index is 13.6. The van der Waals surface area contributed by atoms with Crippen LogP contribution in [0.2, 0.25) is 0 Å². The number of benzene rings is 6. The minimum absolute atomic E-state index is 0.163. The highest BCUT2D eigenvalue weighted by Gasteiger charge is 2.24. The van der Waals surface area contributed by atoms with Gasteiger partial charge in [0, 0.05) is 33.4 Å². The molecule has 1 aromatic heterocycles. The second-order valence-electron chi connectivity index (χ2n) is 9.79. The van der Waals surface area contributed by atoms with E-state index in [2.05, 4.69) is 47.4 Å². The van der Waals surface area contributed by atoms with Gasteiger partial charge in [-0.1, -0.05) is 97.1 Å². The van der Waals surface area contributed by atoms with Gasteiger partial charge in [-0.25, -0.2) is 8.42 Å². The summed E-state index contributed by atoms with van der Waals surface area (Å²) in [6, 6.07) is 48.6. The molecule has 0 fully saturated rings. The third kappa shape index (κ3) is 4.37. The number of para-hydroxylation sites is 4. The highest BCUT2D eigenvalue weighted by atomic mass is 32.2. The molecule has 5 heteroatoms. The summed E-state index contributed by atoms with van der Waals surface area (Å²) in [6.07, 6.45) is 0. The number of furan rings is 1. The molecule has 0 amide bonds. The molecular formula is C36H25NO3S. The Morgan fingerprint density at radius 2 is 1.02 bits per heavy atom. The molecule has 0 saturated heterocycles. The van der Waals surface area contributed by atoms with Crippen molar-refractivity contribution in [3.05, 3.63) is 152 Å². The van der Waals surface area contributed by atoms with Crippen LogP contribution >= 0.6 is 0 Å². The van der Waals surface area contributed by atoms with Gasteiger partial charge in [0.05, 0.1) is 4.90 Å². The molecule has 0 atom stereocenters. The fourth-order valence-corrected chi connectivity index (χ4v) is 6.80. The van der Waals surface area contributed by atoms with Gasteiger partial charge in [0.15, 0.2) is 5.58 Å². The van der Waals surface area contributed by atoms with Crippen LogP contribution in [0, 0.1) is 0 Å². The van der Waals surface area contributed by atoms with Gasteiger partial charge in [-0.3, -0.25) is 0 Å². The van der Waals surface area contributed by atoms with E-state index in [0.717, 1.165) is 39.0 Å². The largest absolute Gasteiger partial charge is 0.454 e. The summed E-state index contributed by atoms with van der Waals surface area (Å²) in [5.74, 6) is 0. The first kappa shape index (κ1) is 24.9. The maximum Gasteiger partial charge on any atom is 0.210 e. The Bertz CT molecular complexity index is 2060.